The second kappa shape index (κ2) is 4.61. The highest BCUT2D eigenvalue weighted by molar-refractivity contribution is 7.99. The molecule has 0 radical (unpaired) electrons. The summed E-state index contributed by atoms with van der Waals surface area (Å²) in [6, 6.07) is 0. The molecule has 0 N–H and O–H groups in total. The van der Waals surface area contributed by atoms with Gasteiger partial charge in [0.25, 0.3) is 5.22 Å². The number of hydrogen-bond donors (Lipinski definition) is 0. The first-order valence-corrected chi connectivity index (χ1v) is 5.93. The van der Waals surface area contributed by atoms with Gasteiger partial charge < -0.3 is 4.42 Å². The van der Waals surface area contributed by atoms with Gasteiger partial charge in [-0.05, 0) is 37.2 Å². The van der Waals surface area contributed by atoms with Crippen molar-refractivity contribution in [2.75, 3.05) is 0 Å². The molecule has 0 spiro atoms. The molecule has 2 rings (SSSR count). The highest BCUT2D eigenvalue weighted by atomic mass is 35.5. The zero-order chi connectivity index (χ0) is 11.7. The molecule has 0 aliphatic rings. The van der Waals surface area contributed by atoms with Gasteiger partial charge in [0, 0.05) is 0 Å². The molecular weight excluding hydrogens is 269 g/mol. The third-order valence-electron chi connectivity index (χ3n) is 1.88. The summed E-state index contributed by atoms with van der Waals surface area (Å²) in [4.78, 5) is 12.0. The molecule has 2 heterocycles. The summed E-state index contributed by atoms with van der Waals surface area (Å²) >= 11 is 12.8. The molecule has 0 aromatic carbocycles. The largest absolute Gasteiger partial charge is 0.436 e. The maximum Gasteiger partial charge on any atom is 0.262 e. The Balaban J connectivity index is 2.29. The van der Waals surface area contributed by atoms with E-state index in [9.17, 15) is 0 Å². The molecule has 2 aromatic rings. The van der Waals surface area contributed by atoms with Gasteiger partial charge in [0.15, 0.2) is 0 Å². The van der Waals surface area contributed by atoms with Crippen LogP contribution in [0.3, 0.4) is 0 Å². The van der Waals surface area contributed by atoms with Crippen LogP contribution in [0.5, 0.6) is 0 Å². The number of rotatable bonds is 2. The summed E-state index contributed by atoms with van der Waals surface area (Å²) in [5, 5.41) is 1.59. The highest BCUT2D eigenvalue weighted by Crippen LogP contribution is 2.32. The zero-order valence-corrected chi connectivity index (χ0v) is 10.8. The molecule has 0 fully saturated rings. The number of nitrogens with zero attached hydrogens (tertiary/aromatic N) is 3. The molecule has 2 aromatic heterocycles. The van der Waals surface area contributed by atoms with Crippen LogP contribution < -0.4 is 0 Å². The third kappa shape index (κ3) is 2.48. The van der Waals surface area contributed by atoms with Gasteiger partial charge in [0.1, 0.15) is 10.8 Å². The van der Waals surface area contributed by atoms with Crippen molar-refractivity contribution in [3.63, 3.8) is 0 Å². The third-order valence-corrected chi connectivity index (χ3v) is 3.30. The van der Waals surface area contributed by atoms with Gasteiger partial charge in [-0.3, -0.25) is 0 Å². The number of aryl methyl sites for hydroxylation is 2. The van der Waals surface area contributed by atoms with Crippen LogP contribution in [0.1, 0.15) is 11.5 Å². The SMILES string of the molecule is Cc1nc(Sc2nc(Cl)ncc2Cl)oc1C. The van der Waals surface area contributed by atoms with Crippen LogP contribution in [0.2, 0.25) is 10.3 Å². The zero-order valence-electron chi connectivity index (χ0n) is 8.49. The summed E-state index contributed by atoms with van der Waals surface area (Å²) in [6.45, 7) is 3.72. The number of halogens is 2. The Morgan fingerprint density at radius 1 is 1.25 bits per heavy atom. The molecule has 84 valence electrons. The Morgan fingerprint density at radius 2 is 2.00 bits per heavy atom. The molecule has 16 heavy (non-hydrogen) atoms. The van der Waals surface area contributed by atoms with E-state index >= 15 is 0 Å². The molecule has 0 unspecified atom stereocenters. The Morgan fingerprint density at radius 3 is 2.62 bits per heavy atom. The van der Waals surface area contributed by atoms with Gasteiger partial charge >= 0.3 is 0 Å². The minimum Gasteiger partial charge on any atom is -0.436 e. The second-order valence-corrected chi connectivity index (χ2v) is 4.70. The molecular formula is C9H7Cl2N3OS. The van der Waals surface area contributed by atoms with E-state index < -0.39 is 0 Å². The quantitative estimate of drug-likeness (QED) is 0.620. The lowest BCUT2D eigenvalue weighted by Crippen LogP contribution is -1.86. The van der Waals surface area contributed by atoms with Gasteiger partial charge in [-0.15, -0.1) is 0 Å². The number of hydrogen-bond acceptors (Lipinski definition) is 5. The van der Waals surface area contributed by atoms with E-state index in [0.717, 1.165) is 11.5 Å². The Bertz CT molecular complexity index is 510. The van der Waals surface area contributed by atoms with Crippen LogP contribution >= 0.6 is 35.0 Å². The van der Waals surface area contributed by atoms with E-state index in [0.29, 0.717) is 15.3 Å². The number of oxazole rings is 1. The van der Waals surface area contributed by atoms with Crippen molar-refractivity contribution < 1.29 is 4.42 Å². The molecule has 0 atom stereocenters. The lowest BCUT2D eigenvalue weighted by atomic mass is 10.4. The average molecular weight is 276 g/mol. The van der Waals surface area contributed by atoms with Gasteiger partial charge in [0.05, 0.1) is 16.9 Å². The molecule has 0 saturated heterocycles. The summed E-state index contributed by atoms with van der Waals surface area (Å²) in [5.41, 5.74) is 0.846. The lowest BCUT2D eigenvalue weighted by Gasteiger charge is -1.98. The van der Waals surface area contributed by atoms with Gasteiger partial charge in [0.2, 0.25) is 5.28 Å². The second-order valence-electron chi connectivity index (χ2n) is 3.02. The van der Waals surface area contributed by atoms with Gasteiger partial charge in [-0.2, -0.15) is 0 Å². The van der Waals surface area contributed by atoms with E-state index in [4.69, 9.17) is 27.6 Å². The predicted molar refractivity (Wildman–Crippen MR) is 62.2 cm³/mol. The van der Waals surface area contributed by atoms with Crippen LogP contribution in [0.15, 0.2) is 20.9 Å². The van der Waals surface area contributed by atoms with Crippen molar-refractivity contribution in [3.8, 4) is 0 Å². The van der Waals surface area contributed by atoms with Crippen molar-refractivity contribution >= 4 is 35.0 Å². The van der Waals surface area contributed by atoms with Crippen molar-refractivity contribution in [2.45, 2.75) is 24.1 Å². The first kappa shape index (κ1) is 11.7. The monoisotopic (exact) mass is 275 g/mol. The molecule has 0 aliphatic heterocycles. The van der Waals surface area contributed by atoms with E-state index in [1.807, 2.05) is 13.8 Å². The molecule has 4 nitrogen and oxygen atoms in total. The predicted octanol–water partition coefficient (Wildman–Crippen LogP) is 3.54. The first-order chi connectivity index (χ1) is 7.56. The molecule has 0 bridgehead atoms. The van der Waals surface area contributed by atoms with E-state index in [1.165, 1.54) is 18.0 Å². The fraction of sp³-hybridized carbons (Fsp3) is 0.222. The van der Waals surface area contributed by atoms with Crippen molar-refractivity contribution in [3.05, 3.63) is 28.0 Å². The normalized spacial score (nSPS) is 10.8. The molecule has 0 saturated carbocycles. The maximum absolute atomic E-state index is 5.92. The first-order valence-electron chi connectivity index (χ1n) is 4.36. The fourth-order valence-corrected chi connectivity index (χ4v) is 2.16. The maximum atomic E-state index is 5.92. The minimum atomic E-state index is 0.145. The molecule has 0 aliphatic carbocycles. The van der Waals surface area contributed by atoms with E-state index in [-0.39, 0.29) is 5.28 Å². The van der Waals surface area contributed by atoms with Crippen molar-refractivity contribution in [2.24, 2.45) is 0 Å². The smallest absolute Gasteiger partial charge is 0.262 e. The summed E-state index contributed by atoms with van der Waals surface area (Å²) < 4.78 is 5.40. The molecule has 0 amide bonds. The van der Waals surface area contributed by atoms with Gasteiger partial charge in [-0.1, -0.05) is 11.6 Å². The Labute approximate surface area is 106 Å². The Hall–Kier alpha value is -0.780. The van der Waals surface area contributed by atoms with E-state index in [1.54, 1.807) is 0 Å². The lowest BCUT2D eigenvalue weighted by molar-refractivity contribution is 0.431. The average Bonchev–Trinajstić information content (AvgIpc) is 2.52. The van der Waals surface area contributed by atoms with Crippen LogP contribution in [-0.2, 0) is 0 Å². The topological polar surface area (TPSA) is 51.8 Å². The van der Waals surface area contributed by atoms with Crippen LogP contribution in [0.4, 0.5) is 0 Å². The highest BCUT2D eigenvalue weighted by Gasteiger charge is 2.12. The summed E-state index contributed by atoms with van der Waals surface area (Å²) in [6.07, 6.45) is 1.45. The van der Waals surface area contributed by atoms with Gasteiger partial charge in [-0.25, -0.2) is 15.0 Å². The Kier molecular flexibility index (Phi) is 3.37. The fourth-order valence-electron chi connectivity index (χ4n) is 0.972. The van der Waals surface area contributed by atoms with Crippen molar-refractivity contribution in [1.82, 2.24) is 15.0 Å². The minimum absolute atomic E-state index is 0.145. The van der Waals surface area contributed by atoms with E-state index in [2.05, 4.69) is 15.0 Å². The van der Waals surface area contributed by atoms with Crippen LogP contribution in [-0.4, -0.2) is 15.0 Å². The number of aromatic nitrogens is 3. The summed E-state index contributed by atoms with van der Waals surface area (Å²) in [7, 11) is 0. The summed E-state index contributed by atoms with van der Waals surface area (Å²) in [5.74, 6) is 0.777. The van der Waals surface area contributed by atoms with Crippen molar-refractivity contribution in [1.29, 1.82) is 0 Å². The molecule has 7 heteroatoms. The van der Waals surface area contributed by atoms with Crippen LogP contribution in [0, 0.1) is 13.8 Å². The van der Waals surface area contributed by atoms with Crippen LogP contribution in [0.25, 0.3) is 0 Å². The standard InChI is InChI=1S/C9H7Cl2N3OS/c1-4-5(2)15-9(13-4)16-7-6(10)3-12-8(11)14-7/h3H,1-2H3.